The zero-order chi connectivity index (χ0) is 12.5. The number of anilines is 1. The van der Waals surface area contributed by atoms with Crippen molar-refractivity contribution in [1.29, 1.82) is 5.26 Å². The topological polar surface area (TPSA) is 48.7 Å². The predicted octanol–water partition coefficient (Wildman–Crippen LogP) is 3.19. The molecule has 3 nitrogen and oxygen atoms in total. The molecular formula is C15H19N3. The Bertz CT molecular complexity index is 477. The minimum absolute atomic E-state index is 0.486. The third-order valence-electron chi connectivity index (χ3n) is 4.70. The molecule has 4 unspecified atom stereocenters. The second kappa shape index (κ2) is 4.61. The Kier molecular flexibility index (Phi) is 2.95. The van der Waals surface area contributed by atoms with Gasteiger partial charge in [-0.2, -0.15) is 5.26 Å². The molecule has 0 spiro atoms. The summed E-state index contributed by atoms with van der Waals surface area (Å²) in [4.78, 5) is 4.00. The summed E-state index contributed by atoms with van der Waals surface area (Å²) in [6.07, 6.45) is 7.39. The summed E-state index contributed by atoms with van der Waals surface area (Å²) in [5, 5.41) is 12.4. The summed E-state index contributed by atoms with van der Waals surface area (Å²) in [7, 11) is 0. The number of hydrogen-bond acceptors (Lipinski definition) is 3. The minimum atomic E-state index is 0.486. The first kappa shape index (κ1) is 11.5. The fraction of sp³-hybridized carbons (Fsp3) is 0.600. The Morgan fingerprint density at radius 2 is 2.33 bits per heavy atom. The normalized spacial score (nSPS) is 31.0. The molecule has 1 N–H and O–H groups in total. The van der Waals surface area contributed by atoms with Crippen LogP contribution < -0.4 is 5.32 Å². The lowest BCUT2D eigenvalue weighted by atomic mass is 9.84. The highest BCUT2D eigenvalue weighted by Gasteiger charge is 2.41. The molecule has 18 heavy (non-hydrogen) atoms. The van der Waals surface area contributed by atoms with E-state index >= 15 is 0 Å². The van der Waals surface area contributed by atoms with Crippen molar-refractivity contribution in [2.24, 2.45) is 17.8 Å². The van der Waals surface area contributed by atoms with Crippen LogP contribution in [-0.4, -0.2) is 11.0 Å². The van der Waals surface area contributed by atoms with Gasteiger partial charge in [0.15, 0.2) is 0 Å². The first-order chi connectivity index (χ1) is 8.76. The van der Waals surface area contributed by atoms with E-state index in [4.69, 9.17) is 5.26 Å². The number of pyridine rings is 1. The number of nitrogens with one attached hydrogen (secondary N) is 1. The summed E-state index contributed by atoms with van der Waals surface area (Å²) in [6, 6.07) is 6.37. The zero-order valence-electron chi connectivity index (χ0n) is 10.8. The second-order valence-electron chi connectivity index (χ2n) is 5.81. The van der Waals surface area contributed by atoms with Crippen LogP contribution in [0.2, 0.25) is 0 Å². The Balaban J connectivity index is 1.67. The van der Waals surface area contributed by atoms with Crippen LogP contribution in [0.1, 0.15) is 38.3 Å². The molecule has 1 aromatic rings. The van der Waals surface area contributed by atoms with Crippen LogP contribution in [0.15, 0.2) is 18.3 Å². The van der Waals surface area contributed by atoms with Gasteiger partial charge in [0.05, 0.1) is 0 Å². The molecule has 94 valence electrons. The second-order valence-corrected chi connectivity index (χ2v) is 5.81. The van der Waals surface area contributed by atoms with Gasteiger partial charge in [0.1, 0.15) is 11.8 Å². The molecule has 3 heteroatoms. The average Bonchev–Trinajstić information content (AvgIpc) is 3.01. The highest BCUT2D eigenvalue weighted by molar-refractivity contribution is 5.46. The number of rotatable bonds is 3. The lowest BCUT2D eigenvalue weighted by molar-refractivity contribution is 0.304. The van der Waals surface area contributed by atoms with E-state index in [9.17, 15) is 0 Å². The highest BCUT2D eigenvalue weighted by atomic mass is 14.9. The summed E-state index contributed by atoms with van der Waals surface area (Å²) >= 11 is 0. The van der Waals surface area contributed by atoms with Gasteiger partial charge < -0.3 is 5.32 Å². The summed E-state index contributed by atoms with van der Waals surface area (Å²) in [5.41, 5.74) is 1.51. The average molecular weight is 241 g/mol. The molecular weight excluding hydrogens is 222 g/mol. The van der Waals surface area contributed by atoms with Gasteiger partial charge in [-0.1, -0.05) is 6.42 Å². The van der Waals surface area contributed by atoms with E-state index < -0.39 is 0 Å². The molecule has 0 saturated heterocycles. The molecule has 2 aliphatic rings. The molecule has 2 fully saturated rings. The maximum Gasteiger partial charge on any atom is 0.142 e. The molecule has 3 rings (SSSR count). The number of fused-ring (bicyclic) bond motifs is 2. The third-order valence-corrected chi connectivity index (χ3v) is 4.70. The molecule has 1 aromatic heterocycles. The quantitative estimate of drug-likeness (QED) is 0.884. The molecule has 0 amide bonds. The maximum atomic E-state index is 8.85. The molecule has 4 atom stereocenters. The van der Waals surface area contributed by atoms with Gasteiger partial charge in [-0.3, -0.25) is 0 Å². The van der Waals surface area contributed by atoms with Crippen molar-refractivity contribution in [1.82, 2.24) is 4.98 Å². The van der Waals surface area contributed by atoms with Crippen LogP contribution in [0.4, 0.5) is 5.69 Å². The van der Waals surface area contributed by atoms with E-state index in [0.717, 1.165) is 23.4 Å². The van der Waals surface area contributed by atoms with Crippen LogP contribution in [0.5, 0.6) is 0 Å². The number of aromatic nitrogens is 1. The van der Waals surface area contributed by atoms with Crippen molar-refractivity contribution in [2.75, 3.05) is 5.32 Å². The van der Waals surface area contributed by atoms with Gasteiger partial charge in [0.25, 0.3) is 0 Å². The first-order valence-corrected chi connectivity index (χ1v) is 6.89. The van der Waals surface area contributed by atoms with E-state index in [-0.39, 0.29) is 0 Å². The van der Waals surface area contributed by atoms with Crippen LogP contribution in [0, 0.1) is 29.1 Å². The molecule has 2 aliphatic carbocycles. The van der Waals surface area contributed by atoms with E-state index in [1.807, 2.05) is 12.1 Å². The van der Waals surface area contributed by atoms with Crippen LogP contribution in [0.3, 0.4) is 0 Å². The van der Waals surface area contributed by atoms with Crippen molar-refractivity contribution < 1.29 is 0 Å². The van der Waals surface area contributed by atoms with Crippen molar-refractivity contribution in [3.8, 4) is 6.07 Å². The smallest absolute Gasteiger partial charge is 0.142 e. The largest absolute Gasteiger partial charge is 0.382 e. The van der Waals surface area contributed by atoms with E-state index in [1.54, 1.807) is 6.20 Å². The van der Waals surface area contributed by atoms with Crippen molar-refractivity contribution in [3.63, 3.8) is 0 Å². The Morgan fingerprint density at radius 3 is 3.00 bits per heavy atom. The molecule has 0 aromatic carbocycles. The van der Waals surface area contributed by atoms with Gasteiger partial charge >= 0.3 is 0 Å². The van der Waals surface area contributed by atoms with Gasteiger partial charge in [0, 0.05) is 17.9 Å². The van der Waals surface area contributed by atoms with Crippen molar-refractivity contribution >= 4 is 5.69 Å². The summed E-state index contributed by atoms with van der Waals surface area (Å²) in [5.74, 6) is 2.72. The monoisotopic (exact) mass is 241 g/mol. The summed E-state index contributed by atoms with van der Waals surface area (Å²) < 4.78 is 0. The Morgan fingerprint density at radius 1 is 1.44 bits per heavy atom. The lowest BCUT2D eigenvalue weighted by Gasteiger charge is -2.29. The standard InChI is InChI=1S/C15H19N3/c1-10(15-7-11-2-3-12(15)6-11)18-13-4-5-17-14(8-13)9-16/h4-5,8,10-12,15H,2-3,6-7H2,1H3,(H,17,18). The predicted molar refractivity (Wildman–Crippen MR) is 71.0 cm³/mol. The molecule has 0 radical (unpaired) electrons. The van der Waals surface area contributed by atoms with E-state index in [2.05, 4.69) is 23.3 Å². The van der Waals surface area contributed by atoms with Gasteiger partial charge in [0.2, 0.25) is 0 Å². The van der Waals surface area contributed by atoms with Crippen LogP contribution in [0.25, 0.3) is 0 Å². The fourth-order valence-corrected chi connectivity index (χ4v) is 3.86. The van der Waals surface area contributed by atoms with Gasteiger partial charge in [-0.15, -0.1) is 0 Å². The fourth-order valence-electron chi connectivity index (χ4n) is 3.86. The van der Waals surface area contributed by atoms with E-state index in [0.29, 0.717) is 11.7 Å². The third kappa shape index (κ3) is 2.08. The minimum Gasteiger partial charge on any atom is -0.382 e. The zero-order valence-corrected chi connectivity index (χ0v) is 10.8. The van der Waals surface area contributed by atoms with E-state index in [1.165, 1.54) is 25.7 Å². The number of nitrogens with zero attached hydrogens (tertiary/aromatic N) is 2. The number of nitriles is 1. The molecule has 2 saturated carbocycles. The lowest BCUT2D eigenvalue weighted by Crippen LogP contribution is -2.29. The molecule has 1 heterocycles. The Hall–Kier alpha value is -1.56. The van der Waals surface area contributed by atoms with Crippen LogP contribution >= 0.6 is 0 Å². The molecule has 0 aliphatic heterocycles. The number of hydrogen-bond donors (Lipinski definition) is 1. The molecule has 2 bridgehead atoms. The van der Waals surface area contributed by atoms with Gasteiger partial charge in [-0.25, -0.2) is 4.98 Å². The first-order valence-electron chi connectivity index (χ1n) is 6.89. The summed E-state index contributed by atoms with van der Waals surface area (Å²) in [6.45, 7) is 2.28. The van der Waals surface area contributed by atoms with Crippen molar-refractivity contribution in [3.05, 3.63) is 24.0 Å². The maximum absolute atomic E-state index is 8.85. The highest BCUT2D eigenvalue weighted by Crippen LogP contribution is 2.49. The van der Waals surface area contributed by atoms with Crippen molar-refractivity contribution in [2.45, 2.75) is 38.6 Å². The van der Waals surface area contributed by atoms with Gasteiger partial charge in [-0.05, 0) is 56.1 Å². The SMILES string of the molecule is CC(Nc1ccnc(C#N)c1)C1CC2CCC1C2. The van der Waals surface area contributed by atoms with Crippen LogP contribution in [-0.2, 0) is 0 Å². The Labute approximate surface area is 108 Å².